The smallest absolute Gasteiger partial charge is 0.254 e. The van der Waals surface area contributed by atoms with Crippen LogP contribution in [0.3, 0.4) is 0 Å². The molecule has 1 aliphatic rings. The number of benzene rings is 3. The van der Waals surface area contributed by atoms with Crippen molar-refractivity contribution >= 4 is 16.7 Å². The van der Waals surface area contributed by atoms with Crippen molar-refractivity contribution in [3.63, 3.8) is 0 Å². The third kappa shape index (κ3) is 4.04. The number of hydrogen-bond acceptors (Lipinski definition) is 4. The minimum absolute atomic E-state index is 0.0453. The van der Waals surface area contributed by atoms with Gasteiger partial charge in [0.2, 0.25) is 0 Å². The van der Waals surface area contributed by atoms with Crippen molar-refractivity contribution in [2.24, 2.45) is 0 Å². The highest BCUT2D eigenvalue weighted by molar-refractivity contribution is 6.00. The summed E-state index contributed by atoms with van der Waals surface area (Å²) in [5.41, 5.74) is 2.29. The third-order valence-electron chi connectivity index (χ3n) is 5.43. The van der Waals surface area contributed by atoms with Gasteiger partial charge in [-0.25, -0.2) is 4.39 Å². The van der Waals surface area contributed by atoms with E-state index in [1.807, 2.05) is 24.3 Å². The van der Waals surface area contributed by atoms with Crippen LogP contribution in [0.1, 0.15) is 33.5 Å². The molecular weight excluding hydrogens is 383 g/mol. The summed E-state index contributed by atoms with van der Waals surface area (Å²) < 4.78 is 20.4. The van der Waals surface area contributed by atoms with E-state index < -0.39 is 23.9 Å². The van der Waals surface area contributed by atoms with Gasteiger partial charge in [-0.15, -0.1) is 0 Å². The summed E-state index contributed by atoms with van der Waals surface area (Å²) in [7, 11) is 0. The number of fused-ring (bicyclic) bond motifs is 1. The fourth-order valence-corrected chi connectivity index (χ4v) is 3.78. The third-order valence-corrected chi connectivity index (χ3v) is 5.43. The predicted molar refractivity (Wildman–Crippen MR) is 111 cm³/mol. The van der Waals surface area contributed by atoms with E-state index in [0.717, 1.165) is 16.5 Å². The first-order valence-corrected chi connectivity index (χ1v) is 9.82. The first-order valence-electron chi connectivity index (χ1n) is 9.82. The molecular formula is C24H21FN2O3. The molecule has 1 fully saturated rings. The molecule has 0 aliphatic carbocycles. The van der Waals surface area contributed by atoms with Crippen LogP contribution in [0.5, 0.6) is 0 Å². The van der Waals surface area contributed by atoms with Crippen molar-refractivity contribution in [2.75, 3.05) is 13.2 Å². The maximum absolute atomic E-state index is 15.2. The zero-order valence-corrected chi connectivity index (χ0v) is 16.3. The molecule has 0 spiro atoms. The fourth-order valence-electron chi connectivity index (χ4n) is 3.78. The Morgan fingerprint density at radius 3 is 2.63 bits per heavy atom. The predicted octanol–water partition coefficient (Wildman–Crippen LogP) is 3.32. The van der Waals surface area contributed by atoms with Crippen LogP contribution in [0.25, 0.3) is 10.8 Å². The lowest BCUT2D eigenvalue weighted by Crippen LogP contribution is -2.48. The van der Waals surface area contributed by atoms with Crippen molar-refractivity contribution in [1.29, 1.82) is 5.26 Å². The van der Waals surface area contributed by atoms with E-state index in [1.165, 1.54) is 0 Å². The summed E-state index contributed by atoms with van der Waals surface area (Å²) in [4.78, 5) is 12.9. The number of aliphatic hydroxyl groups is 1. The van der Waals surface area contributed by atoms with Gasteiger partial charge in [0, 0.05) is 12.0 Å². The van der Waals surface area contributed by atoms with Crippen LogP contribution in [0.2, 0.25) is 0 Å². The van der Waals surface area contributed by atoms with Gasteiger partial charge in [0.15, 0.2) is 0 Å². The molecule has 1 saturated heterocycles. The van der Waals surface area contributed by atoms with Gasteiger partial charge in [0.05, 0.1) is 35.9 Å². The number of amides is 1. The van der Waals surface area contributed by atoms with Gasteiger partial charge in [-0.2, -0.15) is 5.26 Å². The molecule has 1 heterocycles. The Morgan fingerprint density at radius 1 is 1.20 bits per heavy atom. The zero-order chi connectivity index (χ0) is 21.1. The van der Waals surface area contributed by atoms with Gasteiger partial charge < -0.3 is 15.2 Å². The summed E-state index contributed by atoms with van der Waals surface area (Å²) in [5.74, 6) is -1.13. The minimum atomic E-state index is -0.815. The van der Waals surface area contributed by atoms with E-state index in [1.54, 1.807) is 30.3 Å². The van der Waals surface area contributed by atoms with Crippen LogP contribution in [0.4, 0.5) is 4.39 Å². The van der Waals surface area contributed by atoms with Crippen LogP contribution in [-0.2, 0) is 11.2 Å². The highest BCUT2D eigenvalue weighted by Crippen LogP contribution is 2.27. The van der Waals surface area contributed by atoms with Gasteiger partial charge in [-0.3, -0.25) is 4.79 Å². The van der Waals surface area contributed by atoms with Crippen molar-refractivity contribution < 1.29 is 19.0 Å². The number of nitrogens with zero attached hydrogens (tertiary/aromatic N) is 1. The van der Waals surface area contributed by atoms with Crippen LogP contribution < -0.4 is 5.32 Å². The Labute approximate surface area is 173 Å². The standard InChI is InChI=1S/C24H21FN2O3/c25-23-19-4-2-1-3-18(19)17(11-15-5-7-16(13-26)8-6-15)12-20(23)24(29)27-21-9-10-30-14-22(21)28/h1-8,12,21-22,28H,9-11,14H2,(H,27,29)/t21-,22-/m0/s1. The van der Waals surface area contributed by atoms with Crippen LogP contribution in [0, 0.1) is 17.1 Å². The molecule has 3 aromatic rings. The lowest BCUT2D eigenvalue weighted by Gasteiger charge is -2.28. The molecule has 2 N–H and O–H groups in total. The quantitative estimate of drug-likeness (QED) is 0.699. The second-order valence-electron chi connectivity index (χ2n) is 7.44. The molecule has 6 heteroatoms. The van der Waals surface area contributed by atoms with Crippen LogP contribution in [0.15, 0.2) is 54.6 Å². The molecule has 152 valence electrons. The Bertz CT molecular complexity index is 1120. The maximum atomic E-state index is 15.2. The van der Waals surface area contributed by atoms with Crippen molar-refractivity contribution in [2.45, 2.75) is 25.0 Å². The van der Waals surface area contributed by atoms with E-state index in [0.29, 0.717) is 30.4 Å². The van der Waals surface area contributed by atoms with E-state index >= 15 is 4.39 Å². The molecule has 1 aliphatic heterocycles. The minimum Gasteiger partial charge on any atom is -0.389 e. The lowest BCUT2D eigenvalue weighted by molar-refractivity contribution is -0.0261. The first kappa shape index (κ1) is 20.0. The Kier molecular flexibility index (Phi) is 5.75. The summed E-state index contributed by atoms with van der Waals surface area (Å²) >= 11 is 0. The molecule has 1 amide bonds. The van der Waals surface area contributed by atoms with Gasteiger partial charge in [-0.05, 0) is 47.6 Å². The molecule has 3 aromatic carbocycles. The fraction of sp³-hybridized carbons (Fsp3) is 0.250. The molecule has 0 aromatic heterocycles. The van der Waals surface area contributed by atoms with E-state index in [2.05, 4.69) is 11.4 Å². The molecule has 0 saturated carbocycles. The number of halogens is 1. The van der Waals surface area contributed by atoms with Gasteiger partial charge in [0.1, 0.15) is 5.82 Å². The van der Waals surface area contributed by atoms with E-state index in [4.69, 9.17) is 10.00 Å². The molecule has 0 radical (unpaired) electrons. The Morgan fingerprint density at radius 2 is 1.93 bits per heavy atom. The normalized spacial score (nSPS) is 18.7. The molecule has 30 heavy (non-hydrogen) atoms. The molecule has 0 bridgehead atoms. The van der Waals surface area contributed by atoms with Crippen molar-refractivity contribution in [3.05, 3.63) is 82.7 Å². The highest BCUT2D eigenvalue weighted by atomic mass is 19.1. The molecule has 4 rings (SSSR count). The van der Waals surface area contributed by atoms with Crippen LogP contribution in [-0.4, -0.2) is 36.4 Å². The average Bonchev–Trinajstić information content (AvgIpc) is 2.77. The molecule has 5 nitrogen and oxygen atoms in total. The first-order chi connectivity index (χ1) is 14.6. The number of ether oxygens (including phenoxy) is 1. The molecule has 2 atom stereocenters. The van der Waals surface area contributed by atoms with Gasteiger partial charge >= 0.3 is 0 Å². The number of nitriles is 1. The highest BCUT2D eigenvalue weighted by Gasteiger charge is 2.27. The SMILES string of the molecule is N#Cc1ccc(Cc2cc(C(=O)N[C@H]3CCOC[C@@H]3O)c(F)c3ccccc23)cc1. The summed E-state index contributed by atoms with van der Waals surface area (Å²) in [6.07, 6.45) is 0.150. The lowest BCUT2D eigenvalue weighted by atomic mass is 9.94. The molecule has 0 unspecified atom stereocenters. The second-order valence-corrected chi connectivity index (χ2v) is 7.44. The van der Waals surface area contributed by atoms with Gasteiger partial charge in [-0.1, -0.05) is 36.4 Å². The van der Waals surface area contributed by atoms with Crippen LogP contribution >= 0.6 is 0 Å². The number of rotatable bonds is 4. The number of aliphatic hydroxyl groups excluding tert-OH is 1. The maximum Gasteiger partial charge on any atom is 0.254 e. The monoisotopic (exact) mass is 404 g/mol. The topological polar surface area (TPSA) is 82.4 Å². The summed E-state index contributed by atoms with van der Waals surface area (Å²) in [6.45, 7) is 0.585. The van der Waals surface area contributed by atoms with Gasteiger partial charge in [0.25, 0.3) is 5.91 Å². The number of carbonyl (C=O) groups excluding carboxylic acids is 1. The Hall–Kier alpha value is -3.27. The average molecular weight is 404 g/mol. The Balaban J connectivity index is 1.70. The summed E-state index contributed by atoms with van der Waals surface area (Å²) in [6, 6.07) is 17.5. The number of hydrogen-bond donors (Lipinski definition) is 2. The largest absolute Gasteiger partial charge is 0.389 e. The van der Waals surface area contributed by atoms with Crippen molar-refractivity contribution in [1.82, 2.24) is 5.32 Å². The number of nitrogens with one attached hydrogen (secondary N) is 1. The van der Waals surface area contributed by atoms with E-state index in [-0.39, 0.29) is 12.2 Å². The summed E-state index contributed by atoms with van der Waals surface area (Å²) in [5, 5.41) is 22.9. The van der Waals surface area contributed by atoms with Crippen molar-refractivity contribution in [3.8, 4) is 6.07 Å². The van der Waals surface area contributed by atoms with E-state index in [9.17, 15) is 9.90 Å². The zero-order valence-electron chi connectivity index (χ0n) is 16.3. The number of carbonyl (C=O) groups is 1. The second kappa shape index (κ2) is 8.62.